The van der Waals surface area contributed by atoms with Crippen LogP contribution in [0.1, 0.15) is 29.5 Å². The zero-order chi connectivity index (χ0) is 16.8. The lowest BCUT2D eigenvalue weighted by Crippen LogP contribution is -2.29. The lowest BCUT2D eigenvalue weighted by atomic mass is 9.77. The second-order valence-corrected chi connectivity index (χ2v) is 7.02. The van der Waals surface area contributed by atoms with Crippen molar-refractivity contribution in [1.82, 2.24) is 0 Å². The Labute approximate surface area is 149 Å². The molecule has 0 amide bonds. The van der Waals surface area contributed by atoms with Gasteiger partial charge in [0.25, 0.3) is 5.69 Å². The van der Waals surface area contributed by atoms with Crippen molar-refractivity contribution in [1.29, 1.82) is 0 Å². The molecule has 1 N–H and O–H groups in total. The number of halogens is 2. The fourth-order valence-corrected chi connectivity index (χ4v) is 4.13. The van der Waals surface area contributed by atoms with Crippen molar-refractivity contribution in [2.75, 3.05) is 5.32 Å². The Balaban J connectivity index is 1.79. The largest absolute Gasteiger partial charge is 0.378 e. The molecule has 4 nitrogen and oxygen atoms in total. The fraction of sp³-hybridized carbons (Fsp3) is 0.222. The van der Waals surface area contributed by atoms with E-state index < -0.39 is 4.92 Å². The van der Waals surface area contributed by atoms with Crippen molar-refractivity contribution in [3.63, 3.8) is 0 Å². The number of nitro benzene ring substituents is 1. The van der Waals surface area contributed by atoms with E-state index in [9.17, 15) is 10.1 Å². The van der Waals surface area contributed by atoms with Gasteiger partial charge in [0.1, 0.15) is 5.02 Å². The van der Waals surface area contributed by atoms with E-state index >= 15 is 0 Å². The van der Waals surface area contributed by atoms with Crippen LogP contribution in [0.25, 0.3) is 0 Å². The maximum atomic E-state index is 11.2. The molecule has 2 aliphatic rings. The molecule has 122 valence electrons. The van der Waals surface area contributed by atoms with Crippen LogP contribution < -0.4 is 5.32 Å². The molecule has 3 atom stereocenters. The molecule has 6 heteroatoms. The molecule has 1 aliphatic carbocycles. The normalized spacial score (nSPS) is 24.2. The van der Waals surface area contributed by atoms with E-state index in [4.69, 9.17) is 23.2 Å². The second kappa shape index (κ2) is 5.80. The van der Waals surface area contributed by atoms with Crippen LogP contribution >= 0.6 is 23.2 Å². The highest BCUT2D eigenvalue weighted by Gasteiger charge is 2.38. The third kappa shape index (κ3) is 2.46. The summed E-state index contributed by atoms with van der Waals surface area (Å²) in [5, 5.41) is 15.6. The third-order valence-electron chi connectivity index (χ3n) is 4.85. The number of fused-ring (bicyclic) bond motifs is 3. The Morgan fingerprint density at radius 2 is 2.00 bits per heavy atom. The SMILES string of the molecule is O=[N+]([O-])c1cc([C@@H]2Nc3ccc(Cl)cc3[C@H]3C=CC[C@@H]32)ccc1Cl. The van der Waals surface area contributed by atoms with Crippen LogP contribution in [0.2, 0.25) is 10.0 Å². The van der Waals surface area contributed by atoms with Crippen molar-refractivity contribution in [2.45, 2.75) is 18.4 Å². The minimum atomic E-state index is -0.438. The predicted octanol–water partition coefficient (Wildman–Crippen LogP) is 5.73. The molecule has 0 saturated heterocycles. The summed E-state index contributed by atoms with van der Waals surface area (Å²) in [5.74, 6) is 0.566. The van der Waals surface area contributed by atoms with Gasteiger partial charge in [-0.15, -0.1) is 0 Å². The van der Waals surface area contributed by atoms with Gasteiger partial charge in [0.05, 0.1) is 11.0 Å². The second-order valence-electron chi connectivity index (χ2n) is 6.18. The molecule has 1 aliphatic heterocycles. The Kier molecular flexibility index (Phi) is 3.74. The van der Waals surface area contributed by atoms with E-state index in [-0.39, 0.29) is 22.7 Å². The lowest BCUT2D eigenvalue weighted by molar-refractivity contribution is -0.384. The van der Waals surface area contributed by atoms with Gasteiger partial charge in [-0.25, -0.2) is 0 Å². The van der Waals surface area contributed by atoms with Gasteiger partial charge in [-0.3, -0.25) is 10.1 Å². The molecule has 1 heterocycles. The average Bonchev–Trinajstić information content (AvgIpc) is 3.04. The molecule has 24 heavy (non-hydrogen) atoms. The molecule has 2 aromatic rings. The summed E-state index contributed by atoms with van der Waals surface area (Å²) in [6, 6.07) is 10.9. The van der Waals surface area contributed by atoms with Gasteiger partial charge in [-0.1, -0.05) is 41.4 Å². The standard InChI is InChI=1S/C18H14Cl2N2O2/c19-11-5-7-16-14(9-11)12-2-1-3-13(12)18(21-16)10-4-6-15(20)17(8-10)22(23)24/h1-2,4-9,12-13,18,21H,3H2/t12-,13-,18-/m0/s1. The fourth-order valence-electron chi connectivity index (χ4n) is 3.76. The molecule has 2 aromatic carbocycles. The Bertz CT molecular complexity index is 866. The third-order valence-corrected chi connectivity index (χ3v) is 5.41. The smallest absolute Gasteiger partial charge is 0.288 e. The van der Waals surface area contributed by atoms with Crippen LogP contribution in [0.5, 0.6) is 0 Å². The van der Waals surface area contributed by atoms with Gasteiger partial charge in [0, 0.05) is 22.7 Å². The van der Waals surface area contributed by atoms with Crippen molar-refractivity contribution < 1.29 is 4.92 Å². The minimum absolute atomic E-state index is 0.00496. The first-order valence-electron chi connectivity index (χ1n) is 7.71. The first kappa shape index (κ1) is 15.5. The Morgan fingerprint density at radius 1 is 1.17 bits per heavy atom. The zero-order valence-electron chi connectivity index (χ0n) is 12.6. The molecular formula is C18H14Cl2N2O2. The maximum Gasteiger partial charge on any atom is 0.288 e. The first-order valence-corrected chi connectivity index (χ1v) is 8.46. The highest BCUT2D eigenvalue weighted by molar-refractivity contribution is 6.32. The lowest BCUT2D eigenvalue weighted by Gasteiger charge is -2.37. The minimum Gasteiger partial charge on any atom is -0.378 e. The monoisotopic (exact) mass is 360 g/mol. The number of rotatable bonds is 2. The van der Waals surface area contributed by atoms with Crippen LogP contribution in [0.3, 0.4) is 0 Å². The Hall–Kier alpha value is -2.04. The van der Waals surface area contributed by atoms with Crippen molar-refractivity contribution in [2.24, 2.45) is 5.92 Å². The summed E-state index contributed by atoms with van der Waals surface area (Å²) in [6.45, 7) is 0. The van der Waals surface area contributed by atoms with E-state index in [2.05, 4.69) is 17.5 Å². The maximum absolute atomic E-state index is 11.2. The zero-order valence-corrected chi connectivity index (χ0v) is 14.1. The van der Waals surface area contributed by atoms with Crippen LogP contribution in [-0.4, -0.2) is 4.92 Å². The summed E-state index contributed by atoms with van der Waals surface area (Å²) < 4.78 is 0. The van der Waals surface area contributed by atoms with E-state index in [0.717, 1.165) is 22.7 Å². The molecular weight excluding hydrogens is 347 g/mol. The van der Waals surface area contributed by atoms with Crippen molar-refractivity contribution in [3.8, 4) is 0 Å². The summed E-state index contributed by atoms with van der Waals surface area (Å²) in [4.78, 5) is 10.8. The highest BCUT2D eigenvalue weighted by Crippen LogP contribution is 2.50. The Morgan fingerprint density at radius 3 is 2.79 bits per heavy atom. The van der Waals surface area contributed by atoms with E-state index in [1.807, 2.05) is 24.3 Å². The van der Waals surface area contributed by atoms with Gasteiger partial charge < -0.3 is 5.32 Å². The molecule has 0 spiro atoms. The number of nitrogens with one attached hydrogen (secondary N) is 1. The van der Waals surface area contributed by atoms with Gasteiger partial charge in [0.15, 0.2) is 0 Å². The number of nitrogens with zero attached hydrogens (tertiary/aromatic N) is 1. The molecule has 0 unspecified atom stereocenters. The molecule has 4 rings (SSSR count). The van der Waals surface area contributed by atoms with Gasteiger partial charge >= 0.3 is 0 Å². The van der Waals surface area contributed by atoms with Gasteiger partial charge in [-0.2, -0.15) is 0 Å². The molecule has 0 saturated carbocycles. The van der Waals surface area contributed by atoms with E-state index in [1.54, 1.807) is 12.1 Å². The number of hydrogen-bond acceptors (Lipinski definition) is 3. The topological polar surface area (TPSA) is 55.2 Å². The summed E-state index contributed by atoms with van der Waals surface area (Å²) in [7, 11) is 0. The predicted molar refractivity (Wildman–Crippen MR) is 95.9 cm³/mol. The van der Waals surface area contributed by atoms with Crippen molar-refractivity contribution in [3.05, 3.63) is 79.8 Å². The molecule has 0 fully saturated rings. The van der Waals surface area contributed by atoms with E-state index in [1.165, 1.54) is 5.56 Å². The van der Waals surface area contributed by atoms with Crippen molar-refractivity contribution >= 4 is 34.6 Å². The van der Waals surface area contributed by atoms with E-state index in [0.29, 0.717) is 5.92 Å². The number of anilines is 1. The highest BCUT2D eigenvalue weighted by atomic mass is 35.5. The molecule has 0 bridgehead atoms. The number of benzene rings is 2. The quantitative estimate of drug-likeness (QED) is 0.422. The molecule has 0 radical (unpaired) electrons. The first-order chi connectivity index (χ1) is 11.5. The van der Waals surface area contributed by atoms with Gasteiger partial charge in [-0.05, 0) is 47.7 Å². The number of nitro groups is 1. The van der Waals surface area contributed by atoms with Crippen LogP contribution in [0, 0.1) is 16.0 Å². The van der Waals surface area contributed by atoms with Crippen LogP contribution in [0.15, 0.2) is 48.6 Å². The average molecular weight is 361 g/mol. The number of hydrogen-bond donors (Lipinski definition) is 1. The summed E-state index contributed by atoms with van der Waals surface area (Å²) >= 11 is 12.1. The van der Waals surface area contributed by atoms with Crippen LogP contribution in [0.4, 0.5) is 11.4 Å². The summed E-state index contributed by atoms with van der Waals surface area (Å²) in [5.41, 5.74) is 3.03. The molecule has 0 aromatic heterocycles. The summed E-state index contributed by atoms with van der Waals surface area (Å²) in [6.07, 6.45) is 5.30. The van der Waals surface area contributed by atoms with Crippen LogP contribution in [-0.2, 0) is 0 Å². The number of allylic oxidation sites excluding steroid dienone is 2. The van der Waals surface area contributed by atoms with Gasteiger partial charge in [0.2, 0.25) is 0 Å².